The van der Waals surface area contributed by atoms with Crippen LogP contribution in [-0.4, -0.2) is 71.5 Å². The summed E-state index contributed by atoms with van der Waals surface area (Å²) in [6.45, 7) is 3.36. The molecule has 4 aliphatic rings. The first kappa shape index (κ1) is 17.7. The maximum Gasteiger partial charge on any atom is 0.341 e. The Morgan fingerprint density at radius 3 is 2.81 bits per heavy atom. The van der Waals surface area contributed by atoms with Crippen LogP contribution in [0.3, 0.4) is 0 Å². The number of nitrogens with zero attached hydrogens (tertiary/aromatic N) is 2. The number of ketones is 1. The molecule has 2 fully saturated rings. The van der Waals surface area contributed by atoms with Gasteiger partial charge in [0.15, 0.2) is 5.78 Å². The number of carbonyl (C=O) groups is 2. The normalized spacial score (nSPS) is 32.3. The first-order valence-electron chi connectivity index (χ1n) is 9.94. The van der Waals surface area contributed by atoms with Crippen LogP contribution < -0.4 is 5.32 Å². The maximum absolute atomic E-state index is 12.6. The van der Waals surface area contributed by atoms with Gasteiger partial charge in [0.1, 0.15) is 5.57 Å². The lowest BCUT2D eigenvalue weighted by Crippen LogP contribution is -2.49. The number of hydrogen-bond donors (Lipinski definition) is 2. The van der Waals surface area contributed by atoms with Crippen LogP contribution in [0.15, 0.2) is 23.4 Å². The minimum Gasteiger partial charge on any atom is -0.477 e. The number of nitrogens with one attached hydrogen (secondary N) is 1. The second-order valence-electron chi connectivity index (χ2n) is 8.20. The first-order valence-corrected chi connectivity index (χ1v) is 9.94. The van der Waals surface area contributed by atoms with Crippen molar-refractivity contribution in [3.63, 3.8) is 0 Å². The molecule has 1 saturated heterocycles. The molecule has 0 aromatic carbocycles. The van der Waals surface area contributed by atoms with Crippen LogP contribution in [0.2, 0.25) is 0 Å². The SMILES string of the molecule is CNCCC1CCN(C2CC=C3C(=O)C(C(=O)O)=CN(C4CC4)C3C2)C1. The average molecular weight is 359 g/mol. The van der Waals surface area contributed by atoms with Crippen molar-refractivity contribution in [1.29, 1.82) is 0 Å². The molecule has 26 heavy (non-hydrogen) atoms. The quantitative estimate of drug-likeness (QED) is 0.699. The highest BCUT2D eigenvalue weighted by Crippen LogP contribution is 2.40. The molecular formula is C20H29N3O3. The van der Waals surface area contributed by atoms with E-state index in [-0.39, 0.29) is 17.4 Å². The van der Waals surface area contributed by atoms with Crippen molar-refractivity contribution in [1.82, 2.24) is 15.1 Å². The van der Waals surface area contributed by atoms with Crippen LogP contribution in [-0.2, 0) is 9.59 Å². The van der Waals surface area contributed by atoms with Crippen molar-refractivity contribution in [3.05, 3.63) is 23.4 Å². The van der Waals surface area contributed by atoms with E-state index in [0.717, 1.165) is 56.8 Å². The summed E-state index contributed by atoms with van der Waals surface area (Å²) in [4.78, 5) is 28.9. The van der Waals surface area contributed by atoms with Gasteiger partial charge in [-0.05, 0) is 64.6 Å². The van der Waals surface area contributed by atoms with E-state index in [0.29, 0.717) is 12.1 Å². The second kappa shape index (κ2) is 7.16. The molecule has 2 aliphatic carbocycles. The molecule has 2 heterocycles. The second-order valence-corrected chi connectivity index (χ2v) is 8.20. The fourth-order valence-corrected chi connectivity index (χ4v) is 4.82. The summed E-state index contributed by atoms with van der Waals surface area (Å²) >= 11 is 0. The number of carbonyl (C=O) groups excluding carboxylic acids is 1. The molecule has 142 valence electrons. The monoisotopic (exact) mass is 359 g/mol. The average Bonchev–Trinajstić information content (AvgIpc) is 3.37. The minimum atomic E-state index is -1.10. The van der Waals surface area contributed by atoms with Gasteiger partial charge in [-0.25, -0.2) is 4.79 Å². The lowest BCUT2D eigenvalue weighted by Gasteiger charge is -2.42. The predicted octanol–water partition coefficient (Wildman–Crippen LogP) is 1.39. The number of fused-ring (bicyclic) bond motifs is 1. The van der Waals surface area contributed by atoms with E-state index in [1.54, 1.807) is 6.20 Å². The van der Waals surface area contributed by atoms with E-state index in [9.17, 15) is 14.7 Å². The third-order valence-corrected chi connectivity index (χ3v) is 6.44. The van der Waals surface area contributed by atoms with Crippen molar-refractivity contribution in [3.8, 4) is 0 Å². The summed E-state index contributed by atoms with van der Waals surface area (Å²) in [6.07, 6.45) is 10.1. The summed E-state index contributed by atoms with van der Waals surface area (Å²) < 4.78 is 0. The highest BCUT2D eigenvalue weighted by molar-refractivity contribution is 6.24. The topological polar surface area (TPSA) is 72.9 Å². The van der Waals surface area contributed by atoms with Crippen molar-refractivity contribution in [2.75, 3.05) is 26.7 Å². The summed E-state index contributed by atoms with van der Waals surface area (Å²) in [5.41, 5.74) is 0.658. The molecule has 4 rings (SSSR count). The fourth-order valence-electron chi connectivity index (χ4n) is 4.82. The summed E-state index contributed by atoms with van der Waals surface area (Å²) in [7, 11) is 2.01. The Balaban J connectivity index is 1.49. The number of likely N-dealkylation sites (tertiary alicyclic amines) is 1. The summed E-state index contributed by atoms with van der Waals surface area (Å²) in [5, 5.41) is 12.6. The van der Waals surface area contributed by atoms with Crippen LogP contribution in [0.25, 0.3) is 0 Å². The Morgan fingerprint density at radius 1 is 1.31 bits per heavy atom. The number of aliphatic carboxylic acids is 1. The molecule has 3 atom stereocenters. The molecule has 0 spiro atoms. The molecule has 0 aromatic rings. The number of carboxylic acid groups (broad SMARTS) is 1. The molecule has 0 aromatic heterocycles. The zero-order valence-electron chi connectivity index (χ0n) is 15.5. The van der Waals surface area contributed by atoms with E-state index in [1.807, 2.05) is 13.1 Å². The molecular weight excluding hydrogens is 330 g/mol. The van der Waals surface area contributed by atoms with Crippen molar-refractivity contribution in [2.45, 2.75) is 56.7 Å². The van der Waals surface area contributed by atoms with Crippen molar-refractivity contribution >= 4 is 11.8 Å². The highest BCUT2D eigenvalue weighted by Gasteiger charge is 2.44. The lowest BCUT2D eigenvalue weighted by atomic mass is 9.82. The van der Waals surface area contributed by atoms with E-state index in [1.165, 1.54) is 12.8 Å². The smallest absolute Gasteiger partial charge is 0.341 e. The van der Waals surface area contributed by atoms with Gasteiger partial charge in [-0.1, -0.05) is 6.08 Å². The molecule has 1 saturated carbocycles. The predicted molar refractivity (Wildman–Crippen MR) is 98.7 cm³/mol. The first-order chi connectivity index (χ1) is 12.6. The Kier molecular flexibility index (Phi) is 4.88. The number of rotatable bonds is 6. The molecule has 0 radical (unpaired) electrons. The Morgan fingerprint density at radius 2 is 2.12 bits per heavy atom. The van der Waals surface area contributed by atoms with Crippen molar-refractivity contribution in [2.24, 2.45) is 5.92 Å². The zero-order valence-corrected chi connectivity index (χ0v) is 15.5. The van der Waals surface area contributed by atoms with Crippen LogP contribution in [0.5, 0.6) is 0 Å². The van der Waals surface area contributed by atoms with Gasteiger partial charge >= 0.3 is 5.97 Å². The molecule has 6 nitrogen and oxygen atoms in total. The summed E-state index contributed by atoms with van der Waals surface area (Å²) in [5.74, 6) is -0.612. The van der Waals surface area contributed by atoms with Crippen LogP contribution in [0, 0.1) is 5.92 Å². The summed E-state index contributed by atoms with van der Waals surface area (Å²) in [6, 6.07) is 0.942. The van der Waals surface area contributed by atoms with Crippen LogP contribution in [0.1, 0.15) is 38.5 Å². The van der Waals surface area contributed by atoms with Gasteiger partial charge in [-0.15, -0.1) is 0 Å². The molecule has 0 amide bonds. The van der Waals surface area contributed by atoms with Gasteiger partial charge in [-0.2, -0.15) is 0 Å². The molecule has 6 heteroatoms. The maximum atomic E-state index is 12.6. The van der Waals surface area contributed by atoms with Crippen LogP contribution >= 0.6 is 0 Å². The number of hydrogen-bond acceptors (Lipinski definition) is 5. The van der Waals surface area contributed by atoms with E-state index in [4.69, 9.17) is 0 Å². The Hall–Kier alpha value is -1.66. The Labute approximate surface area is 154 Å². The molecule has 0 bridgehead atoms. The Bertz CT molecular complexity index is 653. The van der Waals surface area contributed by atoms with Gasteiger partial charge in [0.2, 0.25) is 0 Å². The molecule has 3 unspecified atom stereocenters. The van der Waals surface area contributed by atoms with Gasteiger partial charge in [-0.3, -0.25) is 9.69 Å². The van der Waals surface area contributed by atoms with E-state index < -0.39 is 5.97 Å². The van der Waals surface area contributed by atoms with E-state index >= 15 is 0 Å². The van der Waals surface area contributed by atoms with Crippen LogP contribution in [0.4, 0.5) is 0 Å². The van der Waals surface area contributed by atoms with Gasteiger partial charge in [0.05, 0.1) is 6.04 Å². The fraction of sp³-hybridized carbons (Fsp3) is 0.700. The third kappa shape index (κ3) is 3.32. The van der Waals surface area contributed by atoms with Gasteiger partial charge in [0.25, 0.3) is 0 Å². The number of Topliss-reactive ketones (excluding diaryl/α,β-unsaturated/α-hetero) is 1. The zero-order chi connectivity index (χ0) is 18.3. The van der Waals surface area contributed by atoms with Crippen molar-refractivity contribution < 1.29 is 14.7 Å². The highest BCUT2D eigenvalue weighted by atomic mass is 16.4. The van der Waals surface area contributed by atoms with Gasteiger partial charge in [0, 0.05) is 30.4 Å². The molecule has 2 aliphatic heterocycles. The molecule has 2 N–H and O–H groups in total. The number of carboxylic acids is 1. The lowest BCUT2D eigenvalue weighted by molar-refractivity contribution is -0.134. The minimum absolute atomic E-state index is 0.0632. The third-order valence-electron chi connectivity index (χ3n) is 6.44. The largest absolute Gasteiger partial charge is 0.477 e. The van der Waals surface area contributed by atoms with E-state index in [2.05, 4.69) is 15.1 Å². The van der Waals surface area contributed by atoms with Gasteiger partial charge < -0.3 is 15.3 Å². The standard InChI is InChI=1S/C20H29N3O3/c1-21-8-6-13-7-9-22(11-13)15-4-5-16-18(10-15)23(14-2-3-14)12-17(19(16)24)20(25)26/h5,12-15,18,21H,2-4,6-11H2,1H3,(H,25,26).